The smallest absolute Gasteiger partial charge is 0.237 e. The lowest BCUT2D eigenvalue weighted by Crippen LogP contribution is -2.48. The van der Waals surface area contributed by atoms with Crippen molar-refractivity contribution in [2.45, 2.75) is 47.2 Å². The SMILES string of the molecule is CCOCCOc1cc(C)ccc1CNC(=O)[C@@H](N)C(C)(C)C.Cl. The summed E-state index contributed by atoms with van der Waals surface area (Å²) in [4.78, 5) is 12.1. The number of aryl methyl sites for hydroxylation is 1. The first kappa shape index (κ1) is 22.7. The summed E-state index contributed by atoms with van der Waals surface area (Å²) in [5, 5.41) is 2.89. The number of ether oxygens (including phenoxy) is 2. The highest BCUT2D eigenvalue weighted by Gasteiger charge is 2.27. The molecule has 138 valence electrons. The maximum Gasteiger partial charge on any atom is 0.237 e. The van der Waals surface area contributed by atoms with E-state index in [-0.39, 0.29) is 23.7 Å². The first-order chi connectivity index (χ1) is 10.8. The highest BCUT2D eigenvalue weighted by atomic mass is 35.5. The number of benzene rings is 1. The van der Waals surface area contributed by atoms with Gasteiger partial charge in [-0.2, -0.15) is 0 Å². The fourth-order valence-electron chi connectivity index (χ4n) is 1.98. The van der Waals surface area contributed by atoms with E-state index in [0.717, 1.165) is 16.9 Å². The van der Waals surface area contributed by atoms with E-state index in [1.807, 2.05) is 52.8 Å². The van der Waals surface area contributed by atoms with Crippen LogP contribution in [0.2, 0.25) is 0 Å². The van der Waals surface area contributed by atoms with Gasteiger partial charge in [0.1, 0.15) is 12.4 Å². The Balaban J connectivity index is 0.00000529. The lowest BCUT2D eigenvalue weighted by molar-refractivity contribution is -0.124. The van der Waals surface area contributed by atoms with Crippen LogP contribution >= 0.6 is 12.4 Å². The molecule has 0 heterocycles. The fraction of sp³-hybridized carbons (Fsp3) is 0.611. The van der Waals surface area contributed by atoms with Crippen molar-refractivity contribution in [1.82, 2.24) is 5.32 Å². The van der Waals surface area contributed by atoms with Gasteiger partial charge in [0.05, 0.1) is 12.6 Å². The Morgan fingerprint density at radius 3 is 2.54 bits per heavy atom. The number of nitrogens with two attached hydrogens (primary N) is 1. The number of carbonyl (C=O) groups excluding carboxylic acids is 1. The van der Waals surface area contributed by atoms with Gasteiger partial charge in [-0.05, 0) is 30.9 Å². The lowest BCUT2D eigenvalue weighted by atomic mass is 9.87. The predicted molar refractivity (Wildman–Crippen MR) is 99.7 cm³/mol. The molecular weight excluding hydrogens is 328 g/mol. The van der Waals surface area contributed by atoms with Crippen molar-refractivity contribution in [3.63, 3.8) is 0 Å². The summed E-state index contributed by atoms with van der Waals surface area (Å²) in [7, 11) is 0. The van der Waals surface area contributed by atoms with E-state index in [1.54, 1.807) is 0 Å². The number of hydrogen-bond acceptors (Lipinski definition) is 4. The van der Waals surface area contributed by atoms with Crippen molar-refractivity contribution in [1.29, 1.82) is 0 Å². The summed E-state index contributed by atoms with van der Waals surface area (Å²) >= 11 is 0. The molecule has 1 atom stereocenters. The standard InChI is InChI=1S/C18H30N2O3.ClH/c1-6-22-9-10-23-15-11-13(2)7-8-14(15)12-20-17(21)16(19)18(3,4)5;/h7-8,11,16H,6,9-10,12,19H2,1-5H3,(H,20,21);1H/t16-;/m1./s1. The van der Waals surface area contributed by atoms with Crippen LogP contribution < -0.4 is 15.8 Å². The molecule has 6 heteroatoms. The van der Waals surface area contributed by atoms with Crippen LogP contribution in [-0.2, 0) is 16.1 Å². The minimum Gasteiger partial charge on any atom is -0.491 e. The number of carbonyl (C=O) groups is 1. The monoisotopic (exact) mass is 358 g/mol. The zero-order chi connectivity index (χ0) is 17.5. The number of nitrogens with one attached hydrogen (secondary N) is 1. The lowest BCUT2D eigenvalue weighted by Gasteiger charge is -2.26. The molecule has 0 spiro atoms. The average Bonchev–Trinajstić information content (AvgIpc) is 2.48. The Morgan fingerprint density at radius 1 is 1.29 bits per heavy atom. The fourth-order valence-corrected chi connectivity index (χ4v) is 1.98. The van der Waals surface area contributed by atoms with E-state index >= 15 is 0 Å². The van der Waals surface area contributed by atoms with Crippen LogP contribution in [0.1, 0.15) is 38.8 Å². The van der Waals surface area contributed by atoms with Gasteiger partial charge >= 0.3 is 0 Å². The Hall–Kier alpha value is -1.30. The molecule has 0 aliphatic rings. The van der Waals surface area contributed by atoms with E-state index < -0.39 is 6.04 Å². The van der Waals surface area contributed by atoms with Crippen molar-refractivity contribution in [2.24, 2.45) is 11.1 Å². The number of rotatable bonds is 8. The molecule has 0 aromatic heterocycles. The second-order valence-corrected chi connectivity index (χ2v) is 6.72. The Bertz CT molecular complexity index is 515. The van der Waals surface area contributed by atoms with Crippen molar-refractivity contribution >= 4 is 18.3 Å². The van der Waals surface area contributed by atoms with Crippen LogP contribution in [0.4, 0.5) is 0 Å². The van der Waals surface area contributed by atoms with Gasteiger partial charge in [0.2, 0.25) is 5.91 Å². The Kier molecular flexibility index (Phi) is 9.97. The van der Waals surface area contributed by atoms with Gasteiger partial charge in [0.15, 0.2) is 0 Å². The molecule has 24 heavy (non-hydrogen) atoms. The predicted octanol–water partition coefficient (Wildman–Crippen LogP) is 2.82. The molecule has 0 unspecified atom stereocenters. The van der Waals surface area contributed by atoms with Gasteiger partial charge in [-0.1, -0.05) is 32.9 Å². The third-order valence-corrected chi connectivity index (χ3v) is 3.58. The second-order valence-electron chi connectivity index (χ2n) is 6.72. The zero-order valence-corrected chi connectivity index (χ0v) is 16.2. The highest BCUT2D eigenvalue weighted by molar-refractivity contribution is 5.85. The molecule has 0 aliphatic heterocycles. The molecule has 1 aromatic rings. The van der Waals surface area contributed by atoms with Crippen LogP contribution in [0.5, 0.6) is 5.75 Å². The molecule has 3 N–H and O–H groups in total. The van der Waals surface area contributed by atoms with E-state index in [9.17, 15) is 4.79 Å². The van der Waals surface area contributed by atoms with E-state index in [4.69, 9.17) is 15.2 Å². The number of amides is 1. The zero-order valence-electron chi connectivity index (χ0n) is 15.3. The van der Waals surface area contributed by atoms with Gasteiger partial charge in [-0.3, -0.25) is 4.79 Å². The molecule has 1 aromatic carbocycles. The molecule has 0 saturated heterocycles. The van der Waals surface area contributed by atoms with Crippen LogP contribution in [0.3, 0.4) is 0 Å². The van der Waals surface area contributed by atoms with Gasteiger partial charge in [0, 0.05) is 18.7 Å². The van der Waals surface area contributed by atoms with Gasteiger partial charge < -0.3 is 20.5 Å². The Labute approximate surface area is 151 Å². The number of halogens is 1. The van der Waals surface area contributed by atoms with Crippen molar-refractivity contribution in [2.75, 3.05) is 19.8 Å². The minimum atomic E-state index is -0.546. The molecule has 0 bridgehead atoms. The quantitative estimate of drug-likeness (QED) is 0.701. The molecule has 0 aliphatic carbocycles. The molecule has 1 rings (SSSR count). The Morgan fingerprint density at radius 2 is 1.96 bits per heavy atom. The van der Waals surface area contributed by atoms with E-state index in [1.165, 1.54) is 0 Å². The maximum atomic E-state index is 12.1. The highest BCUT2D eigenvalue weighted by Crippen LogP contribution is 2.21. The van der Waals surface area contributed by atoms with Crippen molar-refractivity contribution in [3.8, 4) is 5.75 Å². The first-order valence-corrected chi connectivity index (χ1v) is 8.09. The summed E-state index contributed by atoms with van der Waals surface area (Å²) in [5.74, 6) is 0.618. The molecule has 0 fully saturated rings. The molecule has 1 amide bonds. The van der Waals surface area contributed by atoms with Crippen molar-refractivity contribution < 1.29 is 14.3 Å². The average molecular weight is 359 g/mol. The van der Waals surface area contributed by atoms with Gasteiger partial charge in [-0.25, -0.2) is 0 Å². The topological polar surface area (TPSA) is 73.6 Å². The van der Waals surface area contributed by atoms with E-state index in [2.05, 4.69) is 5.32 Å². The third-order valence-electron chi connectivity index (χ3n) is 3.58. The van der Waals surface area contributed by atoms with Crippen LogP contribution in [0.25, 0.3) is 0 Å². The summed E-state index contributed by atoms with van der Waals surface area (Å²) in [5.41, 5.74) is 7.75. The summed E-state index contributed by atoms with van der Waals surface area (Å²) < 4.78 is 11.1. The summed E-state index contributed by atoms with van der Waals surface area (Å²) in [6.07, 6.45) is 0. The normalized spacial score (nSPS) is 12.2. The van der Waals surface area contributed by atoms with Crippen LogP contribution in [-0.4, -0.2) is 31.8 Å². The van der Waals surface area contributed by atoms with E-state index in [0.29, 0.717) is 26.4 Å². The minimum absolute atomic E-state index is 0. The van der Waals surface area contributed by atoms with Gasteiger partial charge in [0.25, 0.3) is 0 Å². The molecule has 5 nitrogen and oxygen atoms in total. The maximum absolute atomic E-state index is 12.1. The third kappa shape index (κ3) is 7.51. The van der Waals surface area contributed by atoms with Crippen LogP contribution in [0, 0.1) is 12.3 Å². The summed E-state index contributed by atoms with van der Waals surface area (Å²) in [6, 6.07) is 5.39. The first-order valence-electron chi connectivity index (χ1n) is 8.09. The van der Waals surface area contributed by atoms with Gasteiger partial charge in [-0.15, -0.1) is 12.4 Å². The van der Waals surface area contributed by atoms with Crippen molar-refractivity contribution in [3.05, 3.63) is 29.3 Å². The second kappa shape index (κ2) is 10.5. The molecular formula is C18H31ClN2O3. The number of hydrogen-bond donors (Lipinski definition) is 2. The van der Waals surface area contributed by atoms with Crippen LogP contribution in [0.15, 0.2) is 18.2 Å². The molecule has 0 radical (unpaired) electrons. The largest absolute Gasteiger partial charge is 0.491 e. The molecule has 0 saturated carbocycles. The summed E-state index contributed by atoms with van der Waals surface area (Å²) in [6.45, 7) is 11.9.